The van der Waals surface area contributed by atoms with E-state index in [2.05, 4.69) is 53.2 Å². The molecule has 0 saturated heterocycles. The smallest absolute Gasteiger partial charge is 0.256 e. The number of nitrogens with zero attached hydrogens (tertiary/aromatic N) is 3. The average Bonchev–Trinajstić information content (AvgIpc) is 2.96. The lowest BCUT2D eigenvalue weighted by atomic mass is 9.97. The van der Waals surface area contributed by atoms with E-state index in [1.165, 1.54) is 40.4 Å². The van der Waals surface area contributed by atoms with E-state index in [1.54, 1.807) is 0 Å². The first-order chi connectivity index (χ1) is 10.6. The lowest BCUT2D eigenvalue weighted by Gasteiger charge is -2.09. The van der Waals surface area contributed by atoms with E-state index in [1.807, 2.05) is 5.38 Å². The van der Waals surface area contributed by atoms with Gasteiger partial charge in [-0.2, -0.15) is 4.39 Å². The summed E-state index contributed by atoms with van der Waals surface area (Å²) in [6.45, 7) is 6.29. The minimum absolute atomic E-state index is 0.0835. The molecule has 0 amide bonds. The third-order valence-corrected chi connectivity index (χ3v) is 4.47. The number of aromatic nitrogens is 3. The molecular weight excluding hydrogens is 299 g/mol. The second-order valence-corrected chi connectivity index (χ2v) is 5.90. The van der Waals surface area contributed by atoms with Crippen LogP contribution in [0.1, 0.15) is 16.7 Å². The van der Waals surface area contributed by atoms with Crippen LogP contribution in [0.2, 0.25) is 0 Å². The van der Waals surface area contributed by atoms with Crippen molar-refractivity contribution < 1.29 is 4.39 Å². The van der Waals surface area contributed by atoms with Crippen LogP contribution < -0.4 is 5.32 Å². The van der Waals surface area contributed by atoms with E-state index in [-0.39, 0.29) is 5.82 Å². The van der Waals surface area contributed by atoms with Crippen molar-refractivity contribution in [3.63, 3.8) is 0 Å². The molecule has 22 heavy (non-hydrogen) atoms. The highest BCUT2D eigenvalue weighted by molar-refractivity contribution is 7.14. The lowest BCUT2D eigenvalue weighted by Crippen LogP contribution is -1.98. The van der Waals surface area contributed by atoms with E-state index in [0.29, 0.717) is 5.13 Å². The second kappa shape index (κ2) is 5.81. The first-order valence-corrected chi connectivity index (χ1v) is 7.70. The zero-order valence-corrected chi connectivity index (χ0v) is 13.3. The summed E-state index contributed by atoms with van der Waals surface area (Å²) in [6, 6.07) is 4.16. The van der Waals surface area contributed by atoms with E-state index in [0.717, 1.165) is 11.3 Å². The van der Waals surface area contributed by atoms with Gasteiger partial charge in [-0.25, -0.2) is 15.0 Å². The van der Waals surface area contributed by atoms with Gasteiger partial charge in [0, 0.05) is 23.3 Å². The monoisotopic (exact) mass is 314 g/mol. The summed E-state index contributed by atoms with van der Waals surface area (Å²) in [6.07, 6.45) is 2.75. The van der Waals surface area contributed by atoms with Crippen molar-refractivity contribution in [1.82, 2.24) is 15.0 Å². The van der Waals surface area contributed by atoms with Gasteiger partial charge in [-0.3, -0.25) is 0 Å². The molecule has 6 heteroatoms. The van der Waals surface area contributed by atoms with Crippen molar-refractivity contribution in [2.24, 2.45) is 0 Å². The Balaban J connectivity index is 1.92. The fourth-order valence-corrected chi connectivity index (χ4v) is 2.90. The van der Waals surface area contributed by atoms with Crippen LogP contribution in [-0.2, 0) is 0 Å². The maximum Gasteiger partial charge on any atom is 0.256 e. The predicted molar refractivity (Wildman–Crippen MR) is 87.0 cm³/mol. The Bertz CT molecular complexity index is 829. The first kappa shape index (κ1) is 14.6. The predicted octanol–water partition coefficient (Wildman–Crippen LogP) is 4.41. The van der Waals surface area contributed by atoms with Gasteiger partial charge in [-0.05, 0) is 37.5 Å². The van der Waals surface area contributed by atoms with Crippen molar-refractivity contribution >= 4 is 22.3 Å². The van der Waals surface area contributed by atoms with Crippen LogP contribution in [0.15, 0.2) is 29.9 Å². The lowest BCUT2D eigenvalue weighted by molar-refractivity contribution is 0.582. The van der Waals surface area contributed by atoms with Crippen molar-refractivity contribution in [2.45, 2.75) is 20.8 Å². The Hall–Kier alpha value is -2.34. The number of anilines is 2. The van der Waals surface area contributed by atoms with Gasteiger partial charge in [0.1, 0.15) is 0 Å². The normalized spacial score (nSPS) is 10.7. The molecule has 3 rings (SSSR count). The minimum atomic E-state index is -0.637. The molecule has 0 saturated carbocycles. The van der Waals surface area contributed by atoms with Gasteiger partial charge < -0.3 is 5.32 Å². The summed E-state index contributed by atoms with van der Waals surface area (Å²) < 4.78 is 13.5. The number of halogens is 1. The summed E-state index contributed by atoms with van der Waals surface area (Å²) >= 11 is 1.41. The zero-order valence-electron chi connectivity index (χ0n) is 12.5. The number of hydrogen-bond donors (Lipinski definition) is 1. The SMILES string of the molecule is Cc1ccc(-c2csc(Nc3nccnc3F)n2)c(C)c1C. The van der Waals surface area contributed by atoms with Gasteiger partial charge in [0.2, 0.25) is 0 Å². The molecule has 0 aliphatic carbocycles. The molecule has 0 fully saturated rings. The molecule has 0 atom stereocenters. The third-order valence-electron chi connectivity index (χ3n) is 3.72. The zero-order chi connectivity index (χ0) is 15.7. The van der Waals surface area contributed by atoms with E-state index in [9.17, 15) is 4.39 Å². The van der Waals surface area contributed by atoms with Gasteiger partial charge in [0.15, 0.2) is 10.9 Å². The van der Waals surface area contributed by atoms with Gasteiger partial charge >= 0.3 is 0 Å². The molecule has 3 aromatic rings. The third kappa shape index (κ3) is 2.69. The van der Waals surface area contributed by atoms with Crippen LogP contribution in [-0.4, -0.2) is 15.0 Å². The molecular formula is C16H15FN4S. The molecule has 0 unspecified atom stereocenters. The highest BCUT2D eigenvalue weighted by atomic mass is 32.1. The first-order valence-electron chi connectivity index (χ1n) is 6.82. The second-order valence-electron chi connectivity index (χ2n) is 5.04. The van der Waals surface area contributed by atoms with E-state index in [4.69, 9.17) is 0 Å². The molecule has 0 aliphatic rings. The molecule has 0 aliphatic heterocycles. The van der Waals surface area contributed by atoms with Crippen LogP contribution in [0.5, 0.6) is 0 Å². The van der Waals surface area contributed by atoms with Crippen LogP contribution in [0, 0.1) is 26.7 Å². The molecule has 4 nitrogen and oxygen atoms in total. The molecule has 112 valence electrons. The summed E-state index contributed by atoms with van der Waals surface area (Å²) in [5.74, 6) is -0.554. The quantitative estimate of drug-likeness (QED) is 0.778. The van der Waals surface area contributed by atoms with Crippen LogP contribution in [0.4, 0.5) is 15.3 Å². The average molecular weight is 314 g/mol. The molecule has 1 N–H and O–H groups in total. The largest absolute Gasteiger partial charge is 0.312 e. The molecule has 0 spiro atoms. The van der Waals surface area contributed by atoms with Gasteiger partial charge in [-0.15, -0.1) is 11.3 Å². The van der Waals surface area contributed by atoms with Crippen molar-refractivity contribution in [1.29, 1.82) is 0 Å². The van der Waals surface area contributed by atoms with Gasteiger partial charge in [0.05, 0.1) is 5.69 Å². The Morgan fingerprint density at radius 1 is 1.05 bits per heavy atom. The van der Waals surface area contributed by atoms with Crippen LogP contribution in [0.3, 0.4) is 0 Å². The summed E-state index contributed by atoms with van der Waals surface area (Å²) in [4.78, 5) is 12.0. The molecule has 1 aromatic carbocycles. The standard InChI is InChI=1S/C16H15FN4S/c1-9-4-5-12(11(3)10(9)2)13-8-22-16(20-13)21-15-14(17)18-6-7-19-15/h4-8H,1-3H3,(H,19,20,21). The highest BCUT2D eigenvalue weighted by Crippen LogP contribution is 2.31. The van der Waals surface area contributed by atoms with Gasteiger partial charge in [0.25, 0.3) is 5.95 Å². The Labute approximate surface area is 132 Å². The van der Waals surface area contributed by atoms with Crippen LogP contribution in [0.25, 0.3) is 11.3 Å². The molecule has 2 heterocycles. The number of benzene rings is 1. The van der Waals surface area contributed by atoms with E-state index >= 15 is 0 Å². The van der Waals surface area contributed by atoms with Gasteiger partial charge in [-0.1, -0.05) is 12.1 Å². The van der Waals surface area contributed by atoms with Crippen molar-refractivity contribution in [2.75, 3.05) is 5.32 Å². The number of thiazole rings is 1. The number of rotatable bonds is 3. The fourth-order valence-electron chi connectivity index (χ4n) is 2.19. The Morgan fingerprint density at radius 3 is 2.59 bits per heavy atom. The Morgan fingerprint density at radius 2 is 1.82 bits per heavy atom. The highest BCUT2D eigenvalue weighted by Gasteiger charge is 2.11. The maximum absolute atomic E-state index is 13.5. The minimum Gasteiger partial charge on any atom is -0.312 e. The molecule has 0 bridgehead atoms. The number of aryl methyl sites for hydroxylation is 1. The number of nitrogens with one attached hydrogen (secondary N) is 1. The summed E-state index contributed by atoms with van der Waals surface area (Å²) in [7, 11) is 0. The Kier molecular flexibility index (Phi) is 3.85. The molecule has 0 radical (unpaired) electrons. The summed E-state index contributed by atoms with van der Waals surface area (Å²) in [5.41, 5.74) is 5.70. The van der Waals surface area contributed by atoms with Crippen molar-refractivity contribution in [3.05, 3.63) is 52.5 Å². The van der Waals surface area contributed by atoms with Crippen molar-refractivity contribution in [3.8, 4) is 11.3 Å². The maximum atomic E-state index is 13.5. The van der Waals surface area contributed by atoms with Crippen LogP contribution >= 0.6 is 11.3 Å². The fraction of sp³-hybridized carbons (Fsp3) is 0.188. The molecule has 2 aromatic heterocycles. The van der Waals surface area contributed by atoms with E-state index < -0.39 is 5.95 Å². The number of hydrogen-bond acceptors (Lipinski definition) is 5. The topological polar surface area (TPSA) is 50.7 Å². The summed E-state index contributed by atoms with van der Waals surface area (Å²) in [5, 5.41) is 5.41.